The highest BCUT2D eigenvalue weighted by molar-refractivity contribution is 5.68. The second kappa shape index (κ2) is 6.69. The minimum Gasteiger partial charge on any atom is -0.444 e. The summed E-state index contributed by atoms with van der Waals surface area (Å²) in [7, 11) is 0. The maximum absolute atomic E-state index is 12.1. The number of nitrogens with one attached hydrogen (secondary N) is 1. The molecule has 1 unspecified atom stereocenters. The van der Waals surface area contributed by atoms with E-state index in [1.807, 2.05) is 20.8 Å². The number of nitrogens with zero attached hydrogens (tertiary/aromatic N) is 1. The van der Waals surface area contributed by atoms with Gasteiger partial charge in [-0.15, -0.1) is 0 Å². The summed E-state index contributed by atoms with van der Waals surface area (Å²) in [5.74, 6) is 0. The Bertz CT molecular complexity index is 505. The molecule has 1 saturated heterocycles. The minimum atomic E-state index is -0.433. The highest BCUT2D eigenvalue weighted by atomic mass is 16.6. The Morgan fingerprint density at radius 2 is 1.95 bits per heavy atom. The molecule has 2 rings (SSSR count). The van der Waals surface area contributed by atoms with E-state index in [1.165, 1.54) is 11.1 Å². The third-order valence-corrected chi connectivity index (χ3v) is 3.90. The Kier molecular flexibility index (Phi) is 5.12. The fourth-order valence-corrected chi connectivity index (χ4v) is 2.69. The molecule has 1 aromatic carbocycles. The Labute approximate surface area is 133 Å². The fourth-order valence-electron chi connectivity index (χ4n) is 2.69. The van der Waals surface area contributed by atoms with Crippen LogP contribution in [0, 0.1) is 6.92 Å². The van der Waals surface area contributed by atoms with Crippen molar-refractivity contribution in [2.24, 2.45) is 0 Å². The lowest BCUT2D eigenvalue weighted by Crippen LogP contribution is -2.39. The molecule has 4 nitrogen and oxygen atoms in total. The summed E-state index contributed by atoms with van der Waals surface area (Å²) in [6.07, 6.45) is 0.759. The number of hydrogen-bond donors (Lipinski definition) is 1. The van der Waals surface area contributed by atoms with Crippen molar-refractivity contribution in [3.8, 4) is 0 Å². The van der Waals surface area contributed by atoms with Crippen LogP contribution in [0.3, 0.4) is 0 Å². The van der Waals surface area contributed by atoms with Gasteiger partial charge in [0.25, 0.3) is 0 Å². The molecule has 1 N–H and O–H groups in total. The van der Waals surface area contributed by atoms with Crippen molar-refractivity contribution in [3.05, 3.63) is 35.4 Å². The molecule has 0 aliphatic carbocycles. The Morgan fingerprint density at radius 3 is 2.55 bits per heavy atom. The van der Waals surface area contributed by atoms with Gasteiger partial charge in [-0.05, 0) is 46.6 Å². The second-order valence-electron chi connectivity index (χ2n) is 7.21. The fraction of sp³-hybridized carbons (Fsp3) is 0.611. The molecule has 0 aromatic heterocycles. The summed E-state index contributed by atoms with van der Waals surface area (Å²) in [6, 6.07) is 9.19. The van der Waals surface area contributed by atoms with E-state index in [2.05, 4.69) is 43.4 Å². The van der Waals surface area contributed by atoms with Gasteiger partial charge in [0.05, 0.1) is 0 Å². The summed E-state index contributed by atoms with van der Waals surface area (Å²) < 4.78 is 5.43. The van der Waals surface area contributed by atoms with Crippen molar-refractivity contribution in [3.63, 3.8) is 0 Å². The molecule has 2 atom stereocenters. The molecule has 1 heterocycles. The second-order valence-corrected chi connectivity index (χ2v) is 7.21. The number of aryl methyl sites for hydroxylation is 1. The first-order chi connectivity index (χ1) is 10.2. The molecular weight excluding hydrogens is 276 g/mol. The topological polar surface area (TPSA) is 41.6 Å². The van der Waals surface area contributed by atoms with Crippen molar-refractivity contribution in [2.45, 2.75) is 58.7 Å². The van der Waals surface area contributed by atoms with Crippen LogP contribution in [0.25, 0.3) is 0 Å². The van der Waals surface area contributed by atoms with E-state index < -0.39 is 5.60 Å². The molecule has 122 valence electrons. The molecule has 1 fully saturated rings. The monoisotopic (exact) mass is 304 g/mol. The van der Waals surface area contributed by atoms with Gasteiger partial charge in [-0.2, -0.15) is 0 Å². The number of likely N-dealkylation sites (tertiary alicyclic amines) is 1. The van der Waals surface area contributed by atoms with Crippen LogP contribution in [0.1, 0.15) is 51.3 Å². The van der Waals surface area contributed by atoms with E-state index in [9.17, 15) is 4.79 Å². The lowest BCUT2D eigenvalue weighted by molar-refractivity contribution is 0.0290. The predicted octanol–water partition coefficient (Wildman–Crippen LogP) is 3.66. The highest BCUT2D eigenvalue weighted by Gasteiger charge is 2.30. The molecule has 0 bridgehead atoms. The Morgan fingerprint density at radius 1 is 1.32 bits per heavy atom. The molecule has 0 saturated carbocycles. The van der Waals surface area contributed by atoms with Gasteiger partial charge in [-0.1, -0.05) is 29.8 Å². The number of rotatable bonds is 3. The van der Waals surface area contributed by atoms with Crippen LogP contribution < -0.4 is 5.32 Å². The van der Waals surface area contributed by atoms with Crippen LogP contribution in [0.15, 0.2) is 24.3 Å². The number of hydrogen-bond acceptors (Lipinski definition) is 3. The molecular formula is C18H28N2O2. The zero-order chi connectivity index (χ0) is 16.3. The van der Waals surface area contributed by atoms with E-state index in [0.717, 1.165) is 13.0 Å². The third kappa shape index (κ3) is 4.73. The Balaban J connectivity index is 1.85. The number of ether oxygens (including phenoxy) is 1. The molecule has 4 heteroatoms. The lowest BCUT2D eigenvalue weighted by atomic mass is 10.1. The smallest absolute Gasteiger partial charge is 0.410 e. The maximum Gasteiger partial charge on any atom is 0.410 e. The zero-order valence-corrected chi connectivity index (χ0v) is 14.3. The normalized spacial score (nSPS) is 20.0. The van der Waals surface area contributed by atoms with Crippen LogP contribution in [0.5, 0.6) is 0 Å². The van der Waals surface area contributed by atoms with Gasteiger partial charge in [-0.3, -0.25) is 0 Å². The van der Waals surface area contributed by atoms with Crippen molar-refractivity contribution in [1.29, 1.82) is 0 Å². The lowest BCUT2D eigenvalue weighted by Gasteiger charge is -2.25. The molecule has 0 spiro atoms. The van der Waals surface area contributed by atoms with Gasteiger partial charge < -0.3 is 15.0 Å². The van der Waals surface area contributed by atoms with Gasteiger partial charge in [-0.25, -0.2) is 4.79 Å². The van der Waals surface area contributed by atoms with Gasteiger partial charge in [0, 0.05) is 25.2 Å². The molecule has 1 aromatic rings. The summed E-state index contributed by atoms with van der Waals surface area (Å²) in [5, 5.41) is 3.61. The standard InChI is InChI=1S/C18H28N2O2/c1-13-6-8-15(9-7-13)14(2)19-16-10-11-20(12-16)17(21)22-18(3,4)5/h6-9,14,16,19H,10-12H2,1-5H3/t14-,16?/m0/s1. The van der Waals surface area contributed by atoms with Gasteiger partial charge >= 0.3 is 6.09 Å². The van der Waals surface area contributed by atoms with E-state index in [0.29, 0.717) is 12.6 Å². The first-order valence-electron chi connectivity index (χ1n) is 8.05. The molecule has 22 heavy (non-hydrogen) atoms. The Hall–Kier alpha value is -1.55. The molecule has 1 aliphatic heterocycles. The molecule has 0 radical (unpaired) electrons. The van der Waals surface area contributed by atoms with Crippen LogP contribution >= 0.6 is 0 Å². The van der Waals surface area contributed by atoms with E-state index in [-0.39, 0.29) is 12.1 Å². The molecule has 1 aliphatic rings. The highest BCUT2D eigenvalue weighted by Crippen LogP contribution is 2.19. The number of carbonyl (C=O) groups is 1. The summed E-state index contributed by atoms with van der Waals surface area (Å²) in [6.45, 7) is 11.4. The number of carbonyl (C=O) groups excluding carboxylic acids is 1. The van der Waals surface area contributed by atoms with Crippen LogP contribution in [0.2, 0.25) is 0 Å². The van der Waals surface area contributed by atoms with Gasteiger partial charge in [0.15, 0.2) is 0 Å². The molecule has 1 amide bonds. The minimum absolute atomic E-state index is 0.209. The largest absolute Gasteiger partial charge is 0.444 e. The quantitative estimate of drug-likeness (QED) is 0.926. The van der Waals surface area contributed by atoms with Crippen molar-refractivity contribution in [1.82, 2.24) is 10.2 Å². The van der Waals surface area contributed by atoms with Crippen LogP contribution in [-0.4, -0.2) is 35.7 Å². The van der Waals surface area contributed by atoms with Crippen LogP contribution in [-0.2, 0) is 4.74 Å². The van der Waals surface area contributed by atoms with E-state index >= 15 is 0 Å². The van der Waals surface area contributed by atoms with Gasteiger partial charge in [0.1, 0.15) is 5.60 Å². The van der Waals surface area contributed by atoms with Gasteiger partial charge in [0.2, 0.25) is 0 Å². The average Bonchev–Trinajstić information content (AvgIpc) is 2.86. The maximum atomic E-state index is 12.1. The summed E-state index contributed by atoms with van der Waals surface area (Å²) >= 11 is 0. The van der Waals surface area contributed by atoms with Crippen LogP contribution in [0.4, 0.5) is 4.79 Å². The van der Waals surface area contributed by atoms with Crippen molar-refractivity contribution in [2.75, 3.05) is 13.1 Å². The average molecular weight is 304 g/mol. The summed E-state index contributed by atoms with van der Waals surface area (Å²) in [5.41, 5.74) is 2.12. The van der Waals surface area contributed by atoms with E-state index in [4.69, 9.17) is 4.74 Å². The first-order valence-corrected chi connectivity index (χ1v) is 8.05. The third-order valence-electron chi connectivity index (χ3n) is 3.90. The van der Waals surface area contributed by atoms with Crippen molar-refractivity contribution < 1.29 is 9.53 Å². The van der Waals surface area contributed by atoms with E-state index in [1.54, 1.807) is 4.90 Å². The first kappa shape index (κ1) is 16.8. The number of amides is 1. The van der Waals surface area contributed by atoms with Crippen molar-refractivity contribution >= 4 is 6.09 Å². The zero-order valence-electron chi connectivity index (χ0n) is 14.3. The summed E-state index contributed by atoms with van der Waals surface area (Å²) in [4.78, 5) is 13.9. The number of benzene rings is 1. The predicted molar refractivity (Wildman–Crippen MR) is 88.9 cm³/mol. The SMILES string of the molecule is Cc1ccc([C@H](C)NC2CCN(C(=O)OC(C)(C)C)C2)cc1.